The van der Waals surface area contributed by atoms with Gasteiger partial charge in [0.25, 0.3) is 11.5 Å². The number of fused-ring (bicyclic) bond motifs is 1. The summed E-state index contributed by atoms with van der Waals surface area (Å²) in [6.45, 7) is 1.91. The van der Waals surface area contributed by atoms with Crippen molar-refractivity contribution in [1.82, 2.24) is 29.4 Å². The Hall–Kier alpha value is -3.47. The van der Waals surface area contributed by atoms with Gasteiger partial charge in [0, 0.05) is 31.8 Å². The maximum atomic E-state index is 13.2. The molecule has 0 aromatic carbocycles. The third-order valence-electron chi connectivity index (χ3n) is 6.32. The van der Waals surface area contributed by atoms with Gasteiger partial charge in [-0.2, -0.15) is 9.61 Å². The molecule has 1 aliphatic heterocycles. The first-order valence-electron chi connectivity index (χ1n) is 11.1. The molecule has 174 valence electrons. The first kappa shape index (κ1) is 21.4. The molecule has 2 aliphatic rings. The molecule has 4 heterocycles. The van der Waals surface area contributed by atoms with Crippen LogP contribution in [0, 0.1) is 0 Å². The number of nitrogens with one attached hydrogen (secondary N) is 3. The van der Waals surface area contributed by atoms with Gasteiger partial charge < -0.3 is 25.4 Å². The van der Waals surface area contributed by atoms with Gasteiger partial charge >= 0.3 is 0 Å². The van der Waals surface area contributed by atoms with Crippen LogP contribution in [-0.4, -0.2) is 69.4 Å². The average molecular weight is 455 g/mol. The van der Waals surface area contributed by atoms with Gasteiger partial charge in [-0.25, -0.2) is 9.37 Å². The third kappa shape index (κ3) is 4.15. The number of hydrogen-bond donors (Lipinski definition) is 3. The lowest BCUT2D eigenvalue weighted by Gasteiger charge is -2.30. The molecule has 1 aliphatic carbocycles. The number of aromatic nitrogens is 4. The molecule has 5 rings (SSSR count). The number of amides is 1. The number of pyridine rings is 1. The Balaban J connectivity index is 1.45. The summed E-state index contributed by atoms with van der Waals surface area (Å²) in [5.41, 5.74) is 0.837. The summed E-state index contributed by atoms with van der Waals surface area (Å²) in [5.74, 6) is 0.559. The highest BCUT2D eigenvalue weighted by Crippen LogP contribution is 2.26. The van der Waals surface area contributed by atoms with E-state index in [9.17, 15) is 14.0 Å². The monoisotopic (exact) mass is 454 g/mol. The molecular weight excluding hydrogens is 427 g/mol. The highest BCUT2D eigenvalue weighted by molar-refractivity contribution is 6.00. The van der Waals surface area contributed by atoms with Crippen molar-refractivity contribution in [2.75, 3.05) is 37.8 Å². The summed E-state index contributed by atoms with van der Waals surface area (Å²) in [4.78, 5) is 32.6. The fraction of sp³-hybridized carbons (Fsp3) is 0.455. The molecule has 2 fully saturated rings. The summed E-state index contributed by atoms with van der Waals surface area (Å²) >= 11 is 0. The van der Waals surface area contributed by atoms with Crippen molar-refractivity contribution in [2.45, 2.75) is 37.5 Å². The molecule has 3 aromatic rings. The van der Waals surface area contributed by atoms with Gasteiger partial charge in [-0.1, -0.05) is 0 Å². The van der Waals surface area contributed by atoms with Crippen molar-refractivity contribution < 1.29 is 9.18 Å². The van der Waals surface area contributed by atoms with Gasteiger partial charge in [0.15, 0.2) is 5.65 Å². The Morgan fingerprint density at radius 3 is 2.73 bits per heavy atom. The molecule has 1 amide bonds. The van der Waals surface area contributed by atoms with Crippen molar-refractivity contribution in [3.05, 3.63) is 46.5 Å². The van der Waals surface area contributed by atoms with Gasteiger partial charge in [0.2, 0.25) is 0 Å². The molecule has 11 heteroatoms. The van der Waals surface area contributed by atoms with Crippen molar-refractivity contribution >= 4 is 28.9 Å². The van der Waals surface area contributed by atoms with Crippen molar-refractivity contribution in [3.63, 3.8) is 0 Å². The van der Waals surface area contributed by atoms with E-state index in [1.54, 1.807) is 23.7 Å². The molecule has 0 radical (unpaired) electrons. The van der Waals surface area contributed by atoms with Gasteiger partial charge in [0.1, 0.15) is 29.1 Å². The van der Waals surface area contributed by atoms with E-state index in [0.717, 1.165) is 25.9 Å². The van der Waals surface area contributed by atoms with Crippen molar-refractivity contribution in [1.29, 1.82) is 0 Å². The van der Waals surface area contributed by atoms with Crippen LogP contribution >= 0.6 is 0 Å². The molecule has 1 saturated heterocycles. The summed E-state index contributed by atoms with van der Waals surface area (Å²) < 4.78 is 16.5. The molecule has 2 atom stereocenters. The van der Waals surface area contributed by atoms with Gasteiger partial charge in [-0.3, -0.25) is 9.59 Å². The number of hydrogen-bond acceptors (Lipinski definition) is 7. The van der Waals surface area contributed by atoms with Crippen LogP contribution in [0.1, 0.15) is 35.7 Å². The molecule has 0 spiro atoms. The Kier molecular flexibility index (Phi) is 5.49. The fourth-order valence-electron chi connectivity index (χ4n) is 4.23. The lowest BCUT2D eigenvalue weighted by Crippen LogP contribution is -2.35. The molecule has 33 heavy (non-hydrogen) atoms. The number of likely N-dealkylation sites (tertiary alicyclic amines) is 1. The number of carbonyl (C=O) groups excluding carboxylic acids is 1. The second kappa shape index (κ2) is 8.47. The minimum Gasteiger partial charge on any atom is -0.373 e. The first-order valence-corrected chi connectivity index (χ1v) is 11.1. The SMILES string of the molecule is CNc1cc(Nc2cccn(C3CCN(C)CC3)c2=O)nc2c(C(=O)N[C@H]3C[C@H]3F)cnn12. The lowest BCUT2D eigenvalue weighted by molar-refractivity contribution is 0.0949. The third-order valence-corrected chi connectivity index (χ3v) is 6.32. The van der Waals surface area contributed by atoms with E-state index < -0.39 is 18.1 Å². The number of carbonyl (C=O) groups is 1. The van der Waals surface area contributed by atoms with Crippen molar-refractivity contribution in [3.8, 4) is 0 Å². The minimum absolute atomic E-state index is 0.117. The van der Waals surface area contributed by atoms with Crippen LogP contribution in [0.15, 0.2) is 35.4 Å². The Labute approximate surface area is 189 Å². The van der Waals surface area contributed by atoms with E-state index in [1.165, 1.54) is 10.7 Å². The summed E-state index contributed by atoms with van der Waals surface area (Å²) in [7, 11) is 3.82. The number of nitrogens with zero attached hydrogens (tertiary/aromatic N) is 5. The van der Waals surface area contributed by atoms with E-state index in [-0.39, 0.29) is 17.2 Å². The first-order chi connectivity index (χ1) is 15.9. The molecule has 1 saturated carbocycles. The molecule has 0 bridgehead atoms. The van der Waals surface area contributed by atoms with E-state index >= 15 is 0 Å². The number of anilines is 3. The van der Waals surface area contributed by atoms with E-state index in [2.05, 4.69) is 38.0 Å². The number of rotatable bonds is 6. The lowest BCUT2D eigenvalue weighted by atomic mass is 10.1. The Morgan fingerprint density at radius 1 is 1.27 bits per heavy atom. The standard InChI is InChI=1S/C22H27FN8O2/c1-24-19-11-18(28-20-14(12-25-31(19)20)21(32)27-17-10-15(17)23)26-16-4-3-7-30(22(16)33)13-5-8-29(2)9-6-13/h3-4,7,11-13,15,17,24H,5-6,8-10H2,1-2H3,(H,26,28)(H,27,32)/t15-,17+/m1/s1. The topological polar surface area (TPSA) is 109 Å². The number of halogens is 1. The highest BCUT2D eigenvalue weighted by atomic mass is 19.1. The van der Waals surface area contributed by atoms with Gasteiger partial charge in [-0.15, -0.1) is 0 Å². The zero-order valence-corrected chi connectivity index (χ0v) is 18.6. The van der Waals surface area contributed by atoms with Crippen LogP contribution in [0.4, 0.5) is 21.7 Å². The van der Waals surface area contributed by atoms with Crippen LogP contribution in [0.2, 0.25) is 0 Å². The predicted octanol–water partition coefficient (Wildman–Crippen LogP) is 1.78. The maximum absolute atomic E-state index is 13.2. The smallest absolute Gasteiger partial charge is 0.274 e. The molecule has 0 unspecified atom stereocenters. The average Bonchev–Trinajstić information content (AvgIpc) is 3.32. The summed E-state index contributed by atoms with van der Waals surface area (Å²) in [6, 6.07) is 4.98. The van der Waals surface area contributed by atoms with E-state index in [4.69, 9.17) is 0 Å². The maximum Gasteiger partial charge on any atom is 0.274 e. The van der Waals surface area contributed by atoms with Crippen LogP contribution < -0.4 is 21.5 Å². The molecule has 3 aromatic heterocycles. The second-order valence-electron chi connectivity index (χ2n) is 8.70. The number of alkyl halides is 1. The quantitative estimate of drug-likeness (QED) is 0.521. The van der Waals surface area contributed by atoms with Crippen LogP contribution in [0.5, 0.6) is 0 Å². The highest BCUT2D eigenvalue weighted by Gasteiger charge is 2.39. The van der Waals surface area contributed by atoms with E-state index in [0.29, 0.717) is 29.4 Å². The molecule has 10 nitrogen and oxygen atoms in total. The predicted molar refractivity (Wildman–Crippen MR) is 123 cm³/mol. The van der Waals surface area contributed by atoms with Gasteiger partial charge in [-0.05, 0) is 45.1 Å². The molecular formula is C22H27FN8O2. The summed E-state index contributed by atoms with van der Waals surface area (Å²) in [6.07, 6.45) is 4.40. The zero-order valence-electron chi connectivity index (χ0n) is 18.6. The Morgan fingerprint density at radius 2 is 2.03 bits per heavy atom. The Bertz CT molecular complexity index is 1250. The van der Waals surface area contributed by atoms with Crippen LogP contribution in [0.25, 0.3) is 5.65 Å². The van der Waals surface area contributed by atoms with Crippen LogP contribution in [0.3, 0.4) is 0 Å². The minimum atomic E-state index is -1.00. The largest absolute Gasteiger partial charge is 0.373 e. The molecule has 3 N–H and O–H groups in total. The second-order valence-corrected chi connectivity index (χ2v) is 8.70. The fourth-order valence-corrected chi connectivity index (χ4v) is 4.23. The van der Waals surface area contributed by atoms with Gasteiger partial charge in [0.05, 0.1) is 12.2 Å². The normalized spacial score (nSPS) is 21.2. The number of piperidine rings is 1. The van der Waals surface area contributed by atoms with Crippen molar-refractivity contribution in [2.24, 2.45) is 0 Å². The van der Waals surface area contributed by atoms with E-state index in [1.807, 2.05) is 12.3 Å². The zero-order chi connectivity index (χ0) is 23.1. The van der Waals surface area contributed by atoms with Crippen LogP contribution in [-0.2, 0) is 0 Å². The summed E-state index contributed by atoms with van der Waals surface area (Å²) in [5, 5.41) is 13.0.